The van der Waals surface area contributed by atoms with Crippen LogP contribution in [0.25, 0.3) is 0 Å². The van der Waals surface area contributed by atoms with E-state index in [0.717, 1.165) is 15.7 Å². The number of nitrogens with two attached hydrogens (primary N) is 1. The fraction of sp³-hybridized carbons (Fsp3) is 0.143. The van der Waals surface area contributed by atoms with E-state index in [-0.39, 0.29) is 5.91 Å². The molecule has 0 atom stereocenters. The van der Waals surface area contributed by atoms with Crippen molar-refractivity contribution >= 4 is 33.2 Å². The minimum absolute atomic E-state index is 0.187. The summed E-state index contributed by atoms with van der Waals surface area (Å²) >= 11 is 3.32. The van der Waals surface area contributed by atoms with E-state index in [1.807, 2.05) is 26.0 Å². The molecule has 0 fully saturated rings. The number of benzene rings is 1. The number of hydrogen-bond acceptors (Lipinski definition) is 3. The minimum atomic E-state index is -0.187. The first-order valence-electron chi connectivity index (χ1n) is 5.77. The highest BCUT2D eigenvalue weighted by Crippen LogP contribution is 2.19. The highest BCUT2D eigenvalue weighted by atomic mass is 79.9. The Balaban J connectivity index is 2.25. The number of anilines is 2. The van der Waals surface area contributed by atoms with Gasteiger partial charge in [0.1, 0.15) is 4.60 Å². The van der Waals surface area contributed by atoms with Crippen LogP contribution in [-0.4, -0.2) is 10.9 Å². The van der Waals surface area contributed by atoms with E-state index in [9.17, 15) is 4.79 Å². The molecule has 1 aromatic carbocycles. The molecule has 5 heteroatoms. The summed E-state index contributed by atoms with van der Waals surface area (Å²) in [6.45, 7) is 3.79. The van der Waals surface area contributed by atoms with Crippen LogP contribution < -0.4 is 11.1 Å². The molecule has 0 saturated heterocycles. The van der Waals surface area contributed by atoms with Crippen LogP contribution in [0.5, 0.6) is 0 Å². The van der Waals surface area contributed by atoms with Crippen molar-refractivity contribution in [1.82, 2.24) is 4.98 Å². The average Bonchev–Trinajstić information content (AvgIpc) is 2.36. The summed E-state index contributed by atoms with van der Waals surface area (Å²) in [7, 11) is 0. The van der Waals surface area contributed by atoms with Crippen molar-refractivity contribution in [2.24, 2.45) is 0 Å². The van der Waals surface area contributed by atoms with Gasteiger partial charge in [0.25, 0.3) is 5.91 Å². The highest BCUT2D eigenvalue weighted by molar-refractivity contribution is 9.10. The van der Waals surface area contributed by atoms with Crippen LogP contribution in [0.15, 0.2) is 35.1 Å². The molecule has 3 N–H and O–H groups in total. The average molecular weight is 320 g/mol. The molecular weight excluding hydrogens is 306 g/mol. The molecular formula is C14H14BrN3O. The predicted molar refractivity (Wildman–Crippen MR) is 80.2 cm³/mol. The van der Waals surface area contributed by atoms with Crippen LogP contribution in [-0.2, 0) is 0 Å². The highest BCUT2D eigenvalue weighted by Gasteiger charge is 2.10. The summed E-state index contributed by atoms with van der Waals surface area (Å²) in [4.78, 5) is 16.3. The predicted octanol–water partition coefficient (Wildman–Crippen LogP) is 3.30. The monoisotopic (exact) mass is 319 g/mol. The van der Waals surface area contributed by atoms with Gasteiger partial charge in [-0.1, -0.05) is 6.07 Å². The van der Waals surface area contributed by atoms with Gasteiger partial charge < -0.3 is 11.1 Å². The first-order chi connectivity index (χ1) is 8.97. The van der Waals surface area contributed by atoms with E-state index in [1.54, 1.807) is 18.3 Å². The summed E-state index contributed by atoms with van der Waals surface area (Å²) < 4.78 is 0.769. The first kappa shape index (κ1) is 13.5. The molecule has 2 rings (SSSR count). The summed E-state index contributed by atoms with van der Waals surface area (Å²) in [5.41, 5.74) is 9.35. The standard InChI is InChI=1S/C14H14BrN3O/c1-8-3-4-10(16)6-12(8)14(19)18-11-5-9(2)13(15)17-7-11/h3-7H,16H2,1-2H3,(H,18,19). The van der Waals surface area contributed by atoms with E-state index in [4.69, 9.17) is 5.73 Å². The summed E-state index contributed by atoms with van der Waals surface area (Å²) in [6.07, 6.45) is 1.61. The van der Waals surface area contributed by atoms with Gasteiger partial charge in [0.05, 0.1) is 11.9 Å². The quantitative estimate of drug-likeness (QED) is 0.659. The summed E-state index contributed by atoms with van der Waals surface area (Å²) in [6, 6.07) is 7.13. The molecule has 0 bridgehead atoms. The number of hydrogen-bond donors (Lipinski definition) is 2. The summed E-state index contributed by atoms with van der Waals surface area (Å²) in [5, 5.41) is 2.82. The van der Waals surface area contributed by atoms with Gasteiger partial charge in [-0.15, -0.1) is 0 Å². The minimum Gasteiger partial charge on any atom is -0.399 e. The van der Waals surface area contributed by atoms with Crippen molar-refractivity contribution in [2.45, 2.75) is 13.8 Å². The van der Waals surface area contributed by atoms with E-state index < -0.39 is 0 Å². The molecule has 1 amide bonds. The number of nitrogen functional groups attached to an aromatic ring is 1. The van der Waals surface area contributed by atoms with E-state index >= 15 is 0 Å². The van der Waals surface area contributed by atoms with Gasteiger partial charge >= 0.3 is 0 Å². The molecule has 0 saturated carbocycles. The van der Waals surface area contributed by atoms with Crippen LogP contribution in [0, 0.1) is 13.8 Å². The fourth-order valence-corrected chi connectivity index (χ4v) is 1.93. The van der Waals surface area contributed by atoms with Gasteiger partial charge in [-0.05, 0) is 59.1 Å². The third-order valence-corrected chi connectivity index (χ3v) is 3.61. The second-order valence-corrected chi connectivity index (χ2v) is 5.11. The Kier molecular flexibility index (Phi) is 3.85. The lowest BCUT2D eigenvalue weighted by atomic mass is 10.1. The maximum absolute atomic E-state index is 12.2. The van der Waals surface area contributed by atoms with Gasteiger partial charge in [0, 0.05) is 11.3 Å². The third kappa shape index (κ3) is 3.12. The Hall–Kier alpha value is -1.88. The first-order valence-corrected chi connectivity index (χ1v) is 6.56. The Labute approximate surface area is 120 Å². The molecule has 1 aromatic heterocycles. The number of aromatic nitrogens is 1. The zero-order chi connectivity index (χ0) is 14.0. The van der Waals surface area contributed by atoms with Crippen molar-refractivity contribution < 1.29 is 4.79 Å². The number of halogens is 1. The van der Waals surface area contributed by atoms with Crippen LogP contribution >= 0.6 is 15.9 Å². The van der Waals surface area contributed by atoms with E-state index in [0.29, 0.717) is 16.9 Å². The smallest absolute Gasteiger partial charge is 0.256 e. The third-order valence-electron chi connectivity index (χ3n) is 2.78. The number of amides is 1. The topological polar surface area (TPSA) is 68.0 Å². The van der Waals surface area contributed by atoms with Crippen molar-refractivity contribution in [3.05, 3.63) is 51.8 Å². The van der Waals surface area contributed by atoms with Gasteiger partial charge in [-0.2, -0.15) is 0 Å². The van der Waals surface area contributed by atoms with Crippen LogP contribution in [0.3, 0.4) is 0 Å². The lowest BCUT2D eigenvalue weighted by Gasteiger charge is -2.09. The second kappa shape index (κ2) is 5.40. The molecule has 0 spiro atoms. The van der Waals surface area contributed by atoms with Gasteiger partial charge in [-0.3, -0.25) is 4.79 Å². The molecule has 0 unspecified atom stereocenters. The summed E-state index contributed by atoms with van der Waals surface area (Å²) in [5.74, 6) is -0.187. The number of rotatable bonds is 2. The number of carbonyl (C=O) groups is 1. The van der Waals surface area contributed by atoms with Crippen LogP contribution in [0.1, 0.15) is 21.5 Å². The van der Waals surface area contributed by atoms with Crippen LogP contribution in [0.4, 0.5) is 11.4 Å². The molecule has 0 radical (unpaired) electrons. The second-order valence-electron chi connectivity index (χ2n) is 4.36. The molecule has 98 valence electrons. The number of nitrogens with one attached hydrogen (secondary N) is 1. The number of pyridine rings is 1. The molecule has 0 aliphatic rings. The number of carbonyl (C=O) groups excluding carboxylic acids is 1. The maximum Gasteiger partial charge on any atom is 0.256 e. The zero-order valence-corrected chi connectivity index (χ0v) is 12.3. The molecule has 19 heavy (non-hydrogen) atoms. The van der Waals surface area contributed by atoms with E-state index in [1.165, 1.54) is 0 Å². The molecule has 0 aliphatic heterocycles. The van der Waals surface area contributed by atoms with Crippen molar-refractivity contribution in [1.29, 1.82) is 0 Å². The Morgan fingerprint density at radius 3 is 2.68 bits per heavy atom. The van der Waals surface area contributed by atoms with Gasteiger partial charge in [0.2, 0.25) is 0 Å². The molecule has 2 aromatic rings. The number of nitrogens with zero attached hydrogens (tertiary/aromatic N) is 1. The molecule has 1 heterocycles. The fourth-order valence-electron chi connectivity index (χ4n) is 1.71. The largest absolute Gasteiger partial charge is 0.399 e. The lowest BCUT2D eigenvalue weighted by molar-refractivity contribution is 0.102. The Morgan fingerprint density at radius 1 is 1.26 bits per heavy atom. The normalized spacial score (nSPS) is 10.3. The molecule has 0 aliphatic carbocycles. The van der Waals surface area contributed by atoms with Crippen LogP contribution in [0.2, 0.25) is 0 Å². The Morgan fingerprint density at radius 2 is 2.00 bits per heavy atom. The van der Waals surface area contributed by atoms with Crippen molar-refractivity contribution in [3.63, 3.8) is 0 Å². The lowest BCUT2D eigenvalue weighted by Crippen LogP contribution is -2.14. The SMILES string of the molecule is Cc1ccc(N)cc1C(=O)Nc1cnc(Br)c(C)c1. The van der Waals surface area contributed by atoms with Gasteiger partial charge in [0.15, 0.2) is 0 Å². The van der Waals surface area contributed by atoms with Crippen molar-refractivity contribution in [2.75, 3.05) is 11.1 Å². The Bertz CT molecular complexity index is 641. The van der Waals surface area contributed by atoms with Gasteiger partial charge in [-0.25, -0.2) is 4.98 Å². The number of aryl methyl sites for hydroxylation is 2. The maximum atomic E-state index is 12.2. The molecule has 4 nitrogen and oxygen atoms in total. The van der Waals surface area contributed by atoms with Crippen molar-refractivity contribution in [3.8, 4) is 0 Å². The zero-order valence-electron chi connectivity index (χ0n) is 10.7. The van der Waals surface area contributed by atoms with E-state index in [2.05, 4.69) is 26.2 Å².